The standard InChI is InChI=1S/C19H18N4O3S/c1-12-8-10-13(11-9-12)16(24)21-15(18(25)26-2)17-22-23-19(27-17)20-14-6-4-3-5-7-14/h3-11,15H,1-2H3,(H,20,23)(H,21,24)/t15-/m1/s1. The summed E-state index contributed by atoms with van der Waals surface area (Å²) in [4.78, 5) is 24.7. The summed E-state index contributed by atoms with van der Waals surface area (Å²) in [6, 6.07) is 15.5. The van der Waals surface area contributed by atoms with Crippen LogP contribution in [0.2, 0.25) is 0 Å². The van der Waals surface area contributed by atoms with Gasteiger partial charge < -0.3 is 15.4 Å². The number of hydrogen-bond donors (Lipinski definition) is 2. The van der Waals surface area contributed by atoms with Crippen LogP contribution in [0.1, 0.15) is 27.0 Å². The minimum atomic E-state index is -1.03. The molecule has 0 unspecified atom stereocenters. The number of ether oxygens (including phenoxy) is 1. The molecule has 3 rings (SSSR count). The second kappa shape index (κ2) is 8.41. The average Bonchev–Trinajstić information content (AvgIpc) is 3.14. The molecule has 0 fully saturated rings. The molecule has 8 heteroatoms. The lowest BCUT2D eigenvalue weighted by atomic mass is 10.1. The molecule has 0 aliphatic heterocycles. The molecule has 0 aliphatic carbocycles. The summed E-state index contributed by atoms with van der Waals surface area (Å²) < 4.78 is 4.82. The van der Waals surface area contributed by atoms with Crippen molar-refractivity contribution in [2.45, 2.75) is 13.0 Å². The SMILES string of the molecule is COC(=O)[C@H](NC(=O)c1ccc(C)cc1)c1nnc(Nc2ccccc2)s1. The van der Waals surface area contributed by atoms with E-state index >= 15 is 0 Å². The van der Waals surface area contributed by atoms with Crippen molar-refractivity contribution >= 4 is 34.0 Å². The van der Waals surface area contributed by atoms with Crippen molar-refractivity contribution in [1.82, 2.24) is 15.5 Å². The largest absolute Gasteiger partial charge is 0.467 e. The first kappa shape index (κ1) is 18.5. The van der Waals surface area contributed by atoms with Crippen molar-refractivity contribution in [3.63, 3.8) is 0 Å². The molecule has 1 heterocycles. The molecule has 0 saturated heterocycles. The maximum Gasteiger partial charge on any atom is 0.335 e. The second-order valence-electron chi connectivity index (χ2n) is 5.73. The molecule has 0 saturated carbocycles. The Balaban J connectivity index is 1.78. The van der Waals surface area contributed by atoms with Crippen LogP contribution in [0.15, 0.2) is 54.6 Å². The van der Waals surface area contributed by atoms with Crippen molar-refractivity contribution < 1.29 is 14.3 Å². The molecule has 0 bridgehead atoms. The average molecular weight is 382 g/mol. The number of carbonyl (C=O) groups excluding carboxylic acids is 2. The fourth-order valence-corrected chi connectivity index (χ4v) is 3.11. The van der Waals surface area contributed by atoms with Crippen LogP contribution in [-0.4, -0.2) is 29.2 Å². The molecular formula is C19H18N4O3S. The van der Waals surface area contributed by atoms with Crippen molar-refractivity contribution in [3.05, 3.63) is 70.7 Å². The molecule has 0 spiro atoms. The predicted molar refractivity (Wildman–Crippen MR) is 103 cm³/mol. The van der Waals surface area contributed by atoms with Crippen LogP contribution in [0, 0.1) is 6.92 Å². The molecular weight excluding hydrogens is 364 g/mol. The van der Waals surface area contributed by atoms with Gasteiger partial charge >= 0.3 is 5.97 Å². The Labute approximate surface area is 160 Å². The third-order valence-corrected chi connectivity index (χ3v) is 4.64. The van der Waals surface area contributed by atoms with Gasteiger partial charge in [0.1, 0.15) is 0 Å². The van der Waals surface area contributed by atoms with Gasteiger partial charge in [0.2, 0.25) is 5.13 Å². The lowest BCUT2D eigenvalue weighted by Gasteiger charge is -2.13. The minimum absolute atomic E-state index is 0.334. The van der Waals surface area contributed by atoms with Crippen molar-refractivity contribution in [2.75, 3.05) is 12.4 Å². The van der Waals surface area contributed by atoms with Gasteiger partial charge in [-0.15, -0.1) is 10.2 Å². The number of aromatic nitrogens is 2. The Morgan fingerprint density at radius 1 is 1.04 bits per heavy atom. The molecule has 1 aromatic heterocycles. The number of benzene rings is 2. The van der Waals surface area contributed by atoms with Gasteiger partial charge in [-0.05, 0) is 31.2 Å². The summed E-state index contributed by atoms with van der Waals surface area (Å²) >= 11 is 1.17. The van der Waals surface area contributed by atoms with Gasteiger partial charge in [-0.3, -0.25) is 4.79 Å². The second-order valence-corrected chi connectivity index (χ2v) is 6.74. The number of para-hydroxylation sites is 1. The van der Waals surface area contributed by atoms with Gasteiger partial charge in [-0.25, -0.2) is 4.79 Å². The van der Waals surface area contributed by atoms with Gasteiger partial charge in [-0.2, -0.15) is 0 Å². The van der Waals surface area contributed by atoms with Crippen LogP contribution in [0.3, 0.4) is 0 Å². The van der Waals surface area contributed by atoms with Crippen LogP contribution in [0.5, 0.6) is 0 Å². The number of aryl methyl sites for hydroxylation is 1. The van der Waals surface area contributed by atoms with Crippen LogP contribution < -0.4 is 10.6 Å². The van der Waals surface area contributed by atoms with E-state index in [9.17, 15) is 9.59 Å². The zero-order chi connectivity index (χ0) is 19.2. The quantitative estimate of drug-likeness (QED) is 0.636. The van der Waals surface area contributed by atoms with Crippen molar-refractivity contribution in [3.8, 4) is 0 Å². The molecule has 7 nitrogen and oxygen atoms in total. The lowest BCUT2D eigenvalue weighted by Crippen LogP contribution is -2.34. The minimum Gasteiger partial charge on any atom is -0.467 e. The number of anilines is 2. The Morgan fingerprint density at radius 2 is 1.74 bits per heavy atom. The highest BCUT2D eigenvalue weighted by atomic mass is 32.1. The van der Waals surface area contributed by atoms with Gasteiger partial charge in [0.25, 0.3) is 5.91 Å². The summed E-state index contributed by atoms with van der Waals surface area (Å²) in [6.45, 7) is 1.93. The molecule has 0 radical (unpaired) electrons. The van der Waals surface area contributed by atoms with Crippen LogP contribution in [-0.2, 0) is 9.53 Å². The number of nitrogens with one attached hydrogen (secondary N) is 2. The smallest absolute Gasteiger partial charge is 0.335 e. The summed E-state index contributed by atoms with van der Waals surface area (Å²) in [7, 11) is 1.26. The number of esters is 1. The summed E-state index contributed by atoms with van der Waals surface area (Å²) in [5.41, 5.74) is 2.33. The van der Waals surface area contributed by atoms with E-state index in [-0.39, 0.29) is 0 Å². The molecule has 2 aromatic carbocycles. The highest BCUT2D eigenvalue weighted by molar-refractivity contribution is 7.15. The van der Waals surface area contributed by atoms with Crippen LogP contribution in [0.25, 0.3) is 0 Å². The molecule has 1 amide bonds. The molecule has 2 N–H and O–H groups in total. The topological polar surface area (TPSA) is 93.2 Å². The highest BCUT2D eigenvalue weighted by Crippen LogP contribution is 2.25. The van der Waals surface area contributed by atoms with Crippen LogP contribution in [0.4, 0.5) is 10.8 Å². The van der Waals surface area contributed by atoms with E-state index in [0.29, 0.717) is 15.7 Å². The van der Waals surface area contributed by atoms with Gasteiger partial charge in [0, 0.05) is 11.3 Å². The van der Waals surface area contributed by atoms with E-state index in [1.807, 2.05) is 49.4 Å². The zero-order valence-electron chi connectivity index (χ0n) is 14.8. The van der Waals surface area contributed by atoms with Crippen LogP contribution >= 0.6 is 11.3 Å². The maximum absolute atomic E-state index is 12.5. The van der Waals surface area contributed by atoms with Gasteiger partial charge in [0.15, 0.2) is 11.0 Å². The number of amides is 1. The Hall–Kier alpha value is -3.26. The first-order valence-electron chi connectivity index (χ1n) is 8.17. The summed E-state index contributed by atoms with van der Waals surface area (Å²) in [5, 5.41) is 14.7. The Kier molecular flexibility index (Phi) is 5.77. The predicted octanol–water partition coefficient (Wildman–Crippen LogP) is 3.23. The number of nitrogens with zero attached hydrogens (tertiary/aromatic N) is 2. The maximum atomic E-state index is 12.5. The number of hydrogen-bond acceptors (Lipinski definition) is 7. The van der Waals surface area contributed by atoms with Crippen molar-refractivity contribution in [2.24, 2.45) is 0 Å². The molecule has 3 aromatic rings. The lowest BCUT2D eigenvalue weighted by molar-refractivity contribution is -0.143. The summed E-state index contributed by atoms with van der Waals surface area (Å²) in [5.74, 6) is -1.00. The Bertz CT molecular complexity index is 926. The summed E-state index contributed by atoms with van der Waals surface area (Å²) in [6.07, 6.45) is 0. The Morgan fingerprint density at radius 3 is 2.41 bits per heavy atom. The van der Waals surface area contributed by atoms with E-state index < -0.39 is 17.9 Å². The van der Waals surface area contributed by atoms with Gasteiger partial charge in [0.05, 0.1) is 7.11 Å². The van der Waals surface area contributed by atoms with E-state index in [2.05, 4.69) is 20.8 Å². The fraction of sp³-hybridized carbons (Fsp3) is 0.158. The molecule has 1 atom stereocenters. The highest BCUT2D eigenvalue weighted by Gasteiger charge is 2.28. The third kappa shape index (κ3) is 4.68. The monoisotopic (exact) mass is 382 g/mol. The first-order chi connectivity index (χ1) is 13.1. The number of methoxy groups -OCH3 is 1. The molecule has 27 heavy (non-hydrogen) atoms. The molecule has 0 aliphatic rings. The van der Waals surface area contributed by atoms with E-state index in [4.69, 9.17) is 4.74 Å². The first-order valence-corrected chi connectivity index (χ1v) is 8.99. The van der Waals surface area contributed by atoms with E-state index in [1.54, 1.807) is 12.1 Å². The van der Waals surface area contributed by atoms with E-state index in [1.165, 1.54) is 18.4 Å². The number of carbonyl (C=O) groups is 2. The molecule has 138 valence electrons. The van der Waals surface area contributed by atoms with Gasteiger partial charge in [-0.1, -0.05) is 47.2 Å². The third-order valence-electron chi connectivity index (χ3n) is 3.74. The van der Waals surface area contributed by atoms with E-state index in [0.717, 1.165) is 11.3 Å². The zero-order valence-corrected chi connectivity index (χ0v) is 15.6. The van der Waals surface area contributed by atoms with Crippen molar-refractivity contribution in [1.29, 1.82) is 0 Å². The normalized spacial score (nSPS) is 11.5. The fourth-order valence-electron chi connectivity index (χ4n) is 2.31. The number of rotatable bonds is 6.